The fraction of sp³-hybridized carbons (Fsp3) is 0.211. The lowest BCUT2D eigenvalue weighted by Crippen LogP contribution is -2.36. The highest BCUT2D eigenvalue weighted by molar-refractivity contribution is 5.80. The van der Waals surface area contributed by atoms with E-state index >= 15 is 0 Å². The molecular formula is C19H20N4O2. The predicted molar refractivity (Wildman–Crippen MR) is 94.5 cm³/mol. The molecule has 6 nitrogen and oxygen atoms in total. The zero-order valence-corrected chi connectivity index (χ0v) is 14.2. The molecular weight excluding hydrogens is 316 g/mol. The van der Waals surface area contributed by atoms with Gasteiger partial charge in [-0.25, -0.2) is 0 Å². The van der Waals surface area contributed by atoms with E-state index in [2.05, 4.69) is 15.5 Å². The number of amides is 1. The Morgan fingerprint density at radius 3 is 2.60 bits per heavy atom. The standard InChI is InChI=1S/C19H20N4O2/c1-14-8-10-17(11-9-14)25-15(2)19(24)20-12-18-22-21-13-23(18)16-6-4-3-5-7-16/h3-11,13,15H,12H2,1-2H3,(H,20,24)/t15-/m1/s1. The third-order valence-corrected chi connectivity index (χ3v) is 3.78. The number of carbonyl (C=O) groups excluding carboxylic acids is 1. The minimum atomic E-state index is -0.601. The van der Waals surface area contributed by atoms with Gasteiger partial charge < -0.3 is 10.1 Å². The molecule has 0 fully saturated rings. The number of carbonyl (C=O) groups is 1. The van der Waals surface area contributed by atoms with E-state index in [1.807, 2.05) is 66.1 Å². The van der Waals surface area contributed by atoms with Crippen molar-refractivity contribution >= 4 is 5.91 Å². The van der Waals surface area contributed by atoms with Crippen molar-refractivity contribution in [3.63, 3.8) is 0 Å². The van der Waals surface area contributed by atoms with Crippen LogP contribution in [-0.2, 0) is 11.3 Å². The van der Waals surface area contributed by atoms with Crippen LogP contribution < -0.4 is 10.1 Å². The molecule has 1 amide bonds. The van der Waals surface area contributed by atoms with E-state index in [4.69, 9.17) is 4.74 Å². The van der Waals surface area contributed by atoms with Gasteiger partial charge in [-0.3, -0.25) is 9.36 Å². The summed E-state index contributed by atoms with van der Waals surface area (Å²) in [5.41, 5.74) is 2.09. The summed E-state index contributed by atoms with van der Waals surface area (Å²) in [5.74, 6) is 1.12. The number of nitrogens with one attached hydrogen (secondary N) is 1. The van der Waals surface area contributed by atoms with E-state index in [1.54, 1.807) is 13.3 Å². The number of hydrogen-bond acceptors (Lipinski definition) is 4. The number of para-hydroxylation sites is 1. The number of rotatable bonds is 6. The Labute approximate surface area is 146 Å². The maximum atomic E-state index is 12.3. The van der Waals surface area contributed by atoms with Crippen LogP contribution in [0.4, 0.5) is 0 Å². The molecule has 6 heteroatoms. The van der Waals surface area contributed by atoms with Gasteiger partial charge in [0.25, 0.3) is 5.91 Å². The normalized spacial score (nSPS) is 11.8. The van der Waals surface area contributed by atoms with Crippen molar-refractivity contribution in [1.29, 1.82) is 0 Å². The van der Waals surface area contributed by atoms with Crippen molar-refractivity contribution in [1.82, 2.24) is 20.1 Å². The Hall–Kier alpha value is -3.15. The van der Waals surface area contributed by atoms with E-state index in [0.29, 0.717) is 11.6 Å². The zero-order chi connectivity index (χ0) is 17.6. The SMILES string of the molecule is Cc1ccc(O[C@H](C)C(=O)NCc2nncn2-c2ccccc2)cc1. The Bertz CT molecular complexity index is 828. The molecule has 2 aromatic carbocycles. The monoisotopic (exact) mass is 336 g/mol. The van der Waals surface area contributed by atoms with Crippen LogP contribution in [0, 0.1) is 6.92 Å². The second kappa shape index (κ2) is 7.61. The second-order valence-corrected chi connectivity index (χ2v) is 5.74. The molecule has 1 N–H and O–H groups in total. The first-order valence-electron chi connectivity index (χ1n) is 8.09. The predicted octanol–water partition coefficient (Wildman–Crippen LogP) is 2.66. The molecule has 25 heavy (non-hydrogen) atoms. The summed E-state index contributed by atoms with van der Waals surface area (Å²) in [6.07, 6.45) is 1.03. The molecule has 0 saturated heterocycles. The first-order valence-corrected chi connectivity index (χ1v) is 8.09. The third kappa shape index (κ3) is 4.23. The molecule has 0 aliphatic carbocycles. The van der Waals surface area contributed by atoms with E-state index in [-0.39, 0.29) is 12.5 Å². The Morgan fingerprint density at radius 1 is 1.16 bits per heavy atom. The van der Waals surface area contributed by atoms with Crippen molar-refractivity contribution in [2.75, 3.05) is 0 Å². The maximum absolute atomic E-state index is 12.3. The molecule has 3 aromatic rings. The van der Waals surface area contributed by atoms with Gasteiger partial charge in [-0.1, -0.05) is 35.9 Å². The number of hydrogen-bond donors (Lipinski definition) is 1. The van der Waals surface area contributed by atoms with Crippen LogP contribution in [0.15, 0.2) is 60.9 Å². The van der Waals surface area contributed by atoms with Crippen LogP contribution in [0.5, 0.6) is 5.75 Å². The van der Waals surface area contributed by atoms with Crippen molar-refractivity contribution in [2.45, 2.75) is 26.5 Å². The number of aryl methyl sites for hydroxylation is 1. The minimum absolute atomic E-state index is 0.205. The summed E-state index contributed by atoms with van der Waals surface area (Å²) in [7, 11) is 0. The lowest BCUT2D eigenvalue weighted by atomic mass is 10.2. The molecule has 1 heterocycles. The van der Waals surface area contributed by atoms with Gasteiger partial charge in [0, 0.05) is 5.69 Å². The highest BCUT2D eigenvalue weighted by Gasteiger charge is 2.16. The first kappa shape index (κ1) is 16.7. The molecule has 0 radical (unpaired) electrons. The van der Waals surface area contributed by atoms with Crippen molar-refractivity contribution < 1.29 is 9.53 Å². The lowest BCUT2D eigenvalue weighted by Gasteiger charge is -2.15. The van der Waals surface area contributed by atoms with Crippen molar-refractivity contribution in [3.8, 4) is 11.4 Å². The molecule has 0 bridgehead atoms. The zero-order valence-electron chi connectivity index (χ0n) is 14.2. The summed E-state index contributed by atoms with van der Waals surface area (Å²) >= 11 is 0. The van der Waals surface area contributed by atoms with Crippen LogP contribution in [0.3, 0.4) is 0 Å². The van der Waals surface area contributed by atoms with Gasteiger partial charge in [0.2, 0.25) is 0 Å². The van der Waals surface area contributed by atoms with Gasteiger partial charge in [0.1, 0.15) is 12.1 Å². The number of nitrogens with zero attached hydrogens (tertiary/aromatic N) is 3. The highest BCUT2D eigenvalue weighted by Crippen LogP contribution is 2.13. The van der Waals surface area contributed by atoms with Gasteiger partial charge >= 0.3 is 0 Å². The fourth-order valence-electron chi connectivity index (χ4n) is 2.37. The average Bonchev–Trinajstić information content (AvgIpc) is 3.11. The number of benzene rings is 2. The summed E-state index contributed by atoms with van der Waals surface area (Å²) in [6.45, 7) is 4.00. The van der Waals surface area contributed by atoms with Gasteiger partial charge in [-0.05, 0) is 38.1 Å². The van der Waals surface area contributed by atoms with E-state index in [0.717, 1.165) is 11.3 Å². The smallest absolute Gasteiger partial charge is 0.261 e. The molecule has 0 unspecified atom stereocenters. The van der Waals surface area contributed by atoms with E-state index in [1.165, 1.54) is 0 Å². The van der Waals surface area contributed by atoms with E-state index in [9.17, 15) is 4.79 Å². The van der Waals surface area contributed by atoms with Crippen LogP contribution in [0.2, 0.25) is 0 Å². The maximum Gasteiger partial charge on any atom is 0.261 e. The Morgan fingerprint density at radius 2 is 1.88 bits per heavy atom. The summed E-state index contributed by atoms with van der Waals surface area (Å²) in [4.78, 5) is 12.3. The van der Waals surface area contributed by atoms with Crippen LogP contribution >= 0.6 is 0 Å². The molecule has 1 aromatic heterocycles. The molecule has 128 valence electrons. The minimum Gasteiger partial charge on any atom is -0.481 e. The Balaban J connectivity index is 1.59. The quantitative estimate of drug-likeness (QED) is 0.751. The van der Waals surface area contributed by atoms with Crippen LogP contribution in [0.25, 0.3) is 5.69 Å². The van der Waals surface area contributed by atoms with Crippen LogP contribution in [0.1, 0.15) is 18.3 Å². The fourth-order valence-corrected chi connectivity index (χ4v) is 2.37. The highest BCUT2D eigenvalue weighted by atomic mass is 16.5. The molecule has 0 aliphatic heterocycles. The largest absolute Gasteiger partial charge is 0.481 e. The molecule has 0 spiro atoms. The Kier molecular flexibility index (Phi) is 5.09. The van der Waals surface area contributed by atoms with Crippen LogP contribution in [-0.4, -0.2) is 26.8 Å². The molecule has 3 rings (SSSR count). The molecule has 0 saturated carbocycles. The molecule has 1 atom stereocenters. The van der Waals surface area contributed by atoms with Gasteiger partial charge in [-0.15, -0.1) is 10.2 Å². The average molecular weight is 336 g/mol. The third-order valence-electron chi connectivity index (χ3n) is 3.78. The van der Waals surface area contributed by atoms with E-state index < -0.39 is 6.10 Å². The summed E-state index contributed by atoms with van der Waals surface area (Å²) in [6, 6.07) is 17.3. The number of ether oxygens (including phenoxy) is 1. The number of aromatic nitrogens is 3. The topological polar surface area (TPSA) is 69.0 Å². The van der Waals surface area contributed by atoms with Gasteiger partial charge in [-0.2, -0.15) is 0 Å². The lowest BCUT2D eigenvalue weighted by molar-refractivity contribution is -0.127. The summed E-state index contributed by atoms with van der Waals surface area (Å²) in [5, 5.41) is 10.8. The van der Waals surface area contributed by atoms with Gasteiger partial charge in [0.05, 0.1) is 6.54 Å². The first-order chi connectivity index (χ1) is 12.1. The second-order valence-electron chi connectivity index (χ2n) is 5.74. The van der Waals surface area contributed by atoms with Crippen molar-refractivity contribution in [3.05, 3.63) is 72.3 Å². The molecule has 0 aliphatic rings. The van der Waals surface area contributed by atoms with Crippen molar-refractivity contribution in [2.24, 2.45) is 0 Å². The van der Waals surface area contributed by atoms with Gasteiger partial charge in [0.15, 0.2) is 11.9 Å². The summed E-state index contributed by atoms with van der Waals surface area (Å²) < 4.78 is 7.50.